The number of carbonyl (C=O) groups excluding carboxylic acids is 1. The molecule has 150 valence electrons. The molecule has 3 aromatic rings. The van der Waals surface area contributed by atoms with Crippen LogP contribution in [0.4, 0.5) is 0 Å². The number of aromatic hydroxyl groups is 1. The average Bonchev–Trinajstić information content (AvgIpc) is 2.67. The zero-order valence-electron chi connectivity index (χ0n) is 14.9. The van der Waals surface area contributed by atoms with Gasteiger partial charge in [-0.05, 0) is 30.3 Å². The van der Waals surface area contributed by atoms with E-state index in [4.69, 9.17) is 33.0 Å². The zero-order valence-corrected chi connectivity index (χ0v) is 16.4. The summed E-state index contributed by atoms with van der Waals surface area (Å²) in [5, 5.41) is 22.1. The van der Waals surface area contributed by atoms with E-state index in [-0.39, 0.29) is 5.39 Å². The highest BCUT2D eigenvalue weighted by Crippen LogP contribution is 2.34. The van der Waals surface area contributed by atoms with Gasteiger partial charge in [0.05, 0.1) is 10.5 Å². The second kappa shape index (κ2) is 8.02. The maximum atomic E-state index is 12.6. The van der Waals surface area contributed by atoms with E-state index in [9.17, 15) is 19.5 Å². The number of halogens is 2. The van der Waals surface area contributed by atoms with Crippen molar-refractivity contribution >= 4 is 46.0 Å². The first-order valence-electron chi connectivity index (χ1n) is 8.17. The summed E-state index contributed by atoms with van der Waals surface area (Å²) < 4.78 is 6.87. The monoisotopic (exact) mass is 436 g/mol. The maximum absolute atomic E-state index is 12.6. The minimum Gasteiger partial charge on any atom is -0.506 e. The Labute approximate surface area is 173 Å². The number of rotatable bonds is 5. The predicted octanol–water partition coefficient (Wildman–Crippen LogP) is 3.16. The van der Waals surface area contributed by atoms with E-state index in [0.717, 1.165) is 4.57 Å². The Hall–Kier alpha value is -3.23. The molecule has 10 heteroatoms. The number of pyridine rings is 1. The molecule has 0 aliphatic rings. The van der Waals surface area contributed by atoms with Gasteiger partial charge in [0.2, 0.25) is 0 Å². The minimum atomic E-state index is -1.28. The molecular formula is C19H14Cl2N2O6. The molecule has 0 spiro atoms. The van der Waals surface area contributed by atoms with Crippen LogP contribution in [0.15, 0.2) is 41.2 Å². The molecule has 0 aliphatic heterocycles. The molecule has 0 saturated heterocycles. The summed E-state index contributed by atoms with van der Waals surface area (Å²) in [6, 6.07) is 9.20. The van der Waals surface area contributed by atoms with Gasteiger partial charge in [0.15, 0.2) is 0 Å². The number of amides is 1. The number of aryl methyl sites for hydroxylation is 1. The molecule has 3 rings (SSSR count). The van der Waals surface area contributed by atoms with Crippen molar-refractivity contribution in [3.63, 3.8) is 0 Å². The summed E-state index contributed by atoms with van der Waals surface area (Å²) in [7, 11) is 1.41. The smallest absolute Gasteiger partial charge is 0.322 e. The number of aromatic nitrogens is 1. The first-order valence-corrected chi connectivity index (χ1v) is 8.93. The van der Waals surface area contributed by atoms with Gasteiger partial charge in [0.25, 0.3) is 11.5 Å². The number of fused-ring (bicyclic) bond motifs is 1. The van der Waals surface area contributed by atoms with Gasteiger partial charge >= 0.3 is 5.97 Å². The Morgan fingerprint density at radius 2 is 1.90 bits per heavy atom. The third kappa shape index (κ3) is 4.13. The lowest BCUT2D eigenvalue weighted by molar-refractivity contribution is -0.135. The number of hydrogen-bond donors (Lipinski definition) is 3. The largest absolute Gasteiger partial charge is 0.506 e. The minimum absolute atomic E-state index is 0.210. The molecular weight excluding hydrogens is 423 g/mol. The highest BCUT2D eigenvalue weighted by molar-refractivity contribution is 6.35. The number of carboxylic acid groups (broad SMARTS) is 1. The third-order valence-corrected chi connectivity index (χ3v) is 4.62. The SMILES string of the molecule is Cn1c(=O)c(C(=O)NCC(=O)O)c(O)c2ccc(Oc3ccc(Cl)cc3Cl)cc21. The van der Waals surface area contributed by atoms with Crippen LogP contribution in [0.1, 0.15) is 10.4 Å². The molecule has 0 unspecified atom stereocenters. The van der Waals surface area contributed by atoms with Gasteiger partial charge in [-0.25, -0.2) is 0 Å². The first-order chi connectivity index (χ1) is 13.7. The van der Waals surface area contributed by atoms with Gasteiger partial charge in [0, 0.05) is 23.5 Å². The lowest BCUT2D eigenvalue weighted by Crippen LogP contribution is -2.35. The van der Waals surface area contributed by atoms with Crippen LogP contribution in [0.25, 0.3) is 10.9 Å². The molecule has 1 heterocycles. The number of carbonyl (C=O) groups is 2. The van der Waals surface area contributed by atoms with E-state index in [0.29, 0.717) is 27.1 Å². The summed E-state index contributed by atoms with van der Waals surface area (Å²) in [6.45, 7) is -0.686. The zero-order chi connectivity index (χ0) is 21.3. The fourth-order valence-corrected chi connectivity index (χ4v) is 3.15. The highest BCUT2D eigenvalue weighted by Gasteiger charge is 2.22. The topological polar surface area (TPSA) is 118 Å². The van der Waals surface area contributed by atoms with Crippen LogP contribution < -0.4 is 15.6 Å². The van der Waals surface area contributed by atoms with Crippen molar-refractivity contribution in [2.45, 2.75) is 0 Å². The molecule has 29 heavy (non-hydrogen) atoms. The van der Waals surface area contributed by atoms with E-state index < -0.39 is 35.3 Å². The quantitative estimate of drug-likeness (QED) is 0.565. The summed E-state index contributed by atoms with van der Waals surface area (Å²) in [6.07, 6.45) is 0. The van der Waals surface area contributed by atoms with Crippen molar-refractivity contribution in [2.75, 3.05) is 6.54 Å². The van der Waals surface area contributed by atoms with Crippen molar-refractivity contribution in [3.8, 4) is 17.2 Å². The van der Waals surface area contributed by atoms with E-state index in [2.05, 4.69) is 5.32 Å². The van der Waals surface area contributed by atoms with Crippen LogP contribution >= 0.6 is 23.2 Å². The number of ether oxygens (including phenoxy) is 1. The molecule has 1 aromatic heterocycles. The molecule has 0 aliphatic carbocycles. The normalized spacial score (nSPS) is 10.7. The Bertz CT molecular complexity index is 1210. The number of benzene rings is 2. The molecule has 3 N–H and O–H groups in total. The van der Waals surface area contributed by atoms with Crippen molar-refractivity contribution < 1.29 is 24.5 Å². The number of hydrogen-bond acceptors (Lipinski definition) is 5. The third-order valence-electron chi connectivity index (χ3n) is 4.09. The van der Waals surface area contributed by atoms with Crippen LogP contribution in [0.5, 0.6) is 17.2 Å². The van der Waals surface area contributed by atoms with Crippen molar-refractivity contribution in [3.05, 3.63) is 62.4 Å². The van der Waals surface area contributed by atoms with Gasteiger partial charge < -0.3 is 24.8 Å². The number of carboxylic acids is 1. The molecule has 0 fully saturated rings. The Morgan fingerprint density at radius 3 is 2.55 bits per heavy atom. The number of nitrogens with one attached hydrogen (secondary N) is 1. The van der Waals surface area contributed by atoms with Crippen LogP contribution in [0.3, 0.4) is 0 Å². The molecule has 2 aromatic carbocycles. The molecule has 0 atom stereocenters. The van der Waals surface area contributed by atoms with E-state index in [1.165, 1.54) is 31.3 Å². The number of aliphatic carboxylic acids is 1. The Morgan fingerprint density at radius 1 is 1.17 bits per heavy atom. The Balaban J connectivity index is 2.05. The molecule has 8 nitrogen and oxygen atoms in total. The molecule has 0 saturated carbocycles. The maximum Gasteiger partial charge on any atom is 0.322 e. The average molecular weight is 437 g/mol. The van der Waals surface area contributed by atoms with E-state index in [1.807, 2.05) is 0 Å². The summed E-state index contributed by atoms with van der Waals surface area (Å²) in [5.41, 5.74) is -1.04. The number of nitrogens with zero attached hydrogens (tertiary/aromatic N) is 1. The van der Waals surface area contributed by atoms with Gasteiger partial charge in [0.1, 0.15) is 29.4 Å². The molecule has 1 amide bonds. The lowest BCUT2D eigenvalue weighted by atomic mass is 10.1. The van der Waals surface area contributed by atoms with Gasteiger partial charge in [-0.15, -0.1) is 0 Å². The Kier molecular flexibility index (Phi) is 5.67. The predicted molar refractivity (Wildman–Crippen MR) is 107 cm³/mol. The van der Waals surface area contributed by atoms with Crippen molar-refractivity contribution in [1.29, 1.82) is 0 Å². The summed E-state index contributed by atoms with van der Waals surface area (Å²) >= 11 is 12.0. The first kappa shape index (κ1) is 20.5. The fourth-order valence-electron chi connectivity index (χ4n) is 2.70. The van der Waals surface area contributed by atoms with E-state index in [1.54, 1.807) is 12.1 Å². The highest BCUT2D eigenvalue weighted by atomic mass is 35.5. The standard InChI is InChI=1S/C19H14Cl2N2O6/c1-23-13-7-10(29-14-5-2-9(20)6-12(14)21)3-4-11(13)17(26)16(19(23)28)18(27)22-8-15(24)25/h2-7,26H,8H2,1H3,(H,22,27)(H,24,25). The van der Waals surface area contributed by atoms with Crippen LogP contribution in [-0.2, 0) is 11.8 Å². The van der Waals surface area contributed by atoms with Crippen LogP contribution in [0.2, 0.25) is 10.0 Å². The van der Waals surface area contributed by atoms with Gasteiger partial charge in [-0.3, -0.25) is 14.4 Å². The molecule has 0 radical (unpaired) electrons. The summed E-state index contributed by atoms with van der Waals surface area (Å²) in [4.78, 5) is 35.4. The molecule has 0 bridgehead atoms. The second-order valence-electron chi connectivity index (χ2n) is 6.02. The van der Waals surface area contributed by atoms with E-state index >= 15 is 0 Å². The van der Waals surface area contributed by atoms with Gasteiger partial charge in [-0.1, -0.05) is 23.2 Å². The van der Waals surface area contributed by atoms with Crippen molar-refractivity contribution in [2.24, 2.45) is 7.05 Å². The second-order valence-corrected chi connectivity index (χ2v) is 6.86. The van der Waals surface area contributed by atoms with Gasteiger partial charge in [-0.2, -0.15) is 0 Å². The van der Waals surface area contributed by atoms with Crippen LogP contribution in [-0.4, -0.2) is 33.2 Å². The lowest BCUT2D eigenvalue weighted by Gasteiger charge is -2.13. The summed E-state index contributed by atoms with van der Waals surface area (Å²) in [5.74, 6) is -2.14. The van der Waals surface area contributed by atoms with Crippen LogP contribution in [0, 0.1) is 0 Å². The van der Waals surface area contributed by atoms with Crippen molar-refractivity contribution in [1.82, 2.24) is 9.88 Å². The fraction of sp³-hybridized carbons (Fsp3) is 0.105.